The van der Waals surface area contributed by atoms with Crippen LogP contribution in [0.3, 0.4) is 0 Å². The van der Waals surface area contributed by atoms with Crippen LogP contribution in [0.15, 0.2) is 12.5 Å². The van der Waals surface area contributed by atoms with Crippen LogP contribution in [0.2, 0.25) is 0 Å². The molecule has 0 aliphatic carbocycles. The van der Waals surface area contributed by atoms with Gasteiger partial charge in [-0.15, -0.1) is 0 Å². The van der Waals surface area contributed by atoms with Crippen molar-refractivity contribution < 1.29 is 9.59 Å². The standard InChI is InChI=1S/C13H20N4O2/c1-9(16-10(2)18)13(19)17-5-3-11(4-6-17)12-7-14-8-15-12/h7-9,11H,3-6H2,1-2H3,(H,14,15)(H,16,18). The van der Waals surface area contributed by atoms with Gasteiger partial charge < -0.3 is 15.2 Å². The fourth-order valence-electron chi connectivity index (χ4n) is 2.54. The predicted molar refractivity (Wildman–Crippen MR) is 70.4 cm³/mol. The zero-order valence-electron chi connectivity index (χ0n) is 11.3. The lowest BCUT2D eigenvalue weighted by Crippen LogP contribution is -2.48. The molecule has 19 heavy (non-hydrogen) atoms. The van der Waals surface area contributed by atoms with E-state index < -0.39 is 6.04 Å². The number of hydrogen-bond donors (Lipinski definition) is 2. The number of piperidine rings is 1. The number of aromatic amines is 1. The maximum atomic E-state index is 12.1. The van der Waals surface area contributed by atoms with E-state index in [2.05, 4.69) is 15.3 Å². The summed E-state index contributed by atoms with van der Waals surface area (Å²) in [7, 11) is 0. The molecule has 1 aromatic rings. The molecule has 6 nitrogen and oxygen atoms in total. The Morgan fingerprint density at radius 3 is 2.68 bits per heavy atom. The number of H-pyrrole nitrogens is 1. The molecule has 0 radical (unpaired) electrons. The molecule has 1 atom stereocenters. The van der Waals surface area contributed by atoms with Crippen molar-refractivity contribution in [3.05, 3.63) is 18.2 Å². The van der Waals surface area contributed by atoms with E-state index in [9.17, 15) is 9.59 Å². The van der Waals surface area contributed by atoms with Gasteiger partial charge in [-0.05, 0) is 19.8 Å². The highest BCUT2D eigenvalue weighted by atomic mass is 16.2. The first-order valence-electron chi connectivity index (χ1n) is 6.62. The lowest BCUT2D eigenvalue weighted by atomic mass is 9.94. The number of likely N-dealkylation sites (tertiary alicyclic amines) is 1. The van der Waals surface area contributed by atoms with Gasteiger partial charge in [-0.1, -0.05) is 0 Å². The second-order valence-electron chi connectivity index (χ2n) is 5.03. The maximum Gasteiger partial charge on any atom is 0.244 e. The number of amides is 2. The van der Waals surface area contributed by atoms with Crippen LogP contribution in [0.1, 0.15) is 38.3 Å². The van der Waals surface area contributed by atoms with Crippen LogP contribution in [-0.4, -0.2) is 45.8 Å². The van der Waals surface area contributed by atoms with Crippen molar-refractivity contribution in [3.63, 3.8) is 0 Å². The van der Waals surface area contributed by atoms with Crippen LogP contribution in [0.4, 0.5) is 0 Å². The molecule has 0 saturated carbocycles. The first kappa shape index (κ1) is 13.6. The number of carbonyl (C=O) groups is 2. The minimum absolute atomic E-state index is 0.00161. The molecule has 0 spiro atoms. The summed E-state index contributed by atoms with van der Waals surface area (Å²) < 4.78 is 0. The van der Waals surface area contributed by atoms with Crippen molar-refractivity contribution in [3.8, 4) is 0 Å². The summed E-state index contributed by atoms with van der Waals surface area (Å²) in [5.41, 5.74) is 1.14. The van der Waals surface area contributed by atoms with Crippen molar-refractivity contribution in [2.75, 3.05) is 13.1 Å². The molecule has 1 fully saturated rings. The Morgan fingerprint density at radius 1 is 1.47 bits per heavy atom. The van der Waals surface area contributed by atoms with Crippen LogP contribution in [0.5, 0.6) is 0 Å². The Labute approximate surface area is 112 Å². The number of nitrogens with one attached hydrogen (secondary N) is 2. The molecule has 1 unspecified atom stereocenters. The highest BCUT2D eigenvalue weighted by Crippen LogP contribution is 2.26. The van der Waals surface area contributed by atoms with Crippen molar-refractivity contribution in [2.24, 2.45) is 0 Å². The Balaban J connectivity index is 1.86. The fourth-order valence-corrected chi connectivity index (χ4v) is 2.54. The molecule has 1 saturated heterocycles. The third-order valence-corrected chi connectivity index (χ3v) is 3.56. The number of imidazole rings is 1. The average Bonchev–Trinajstić information content (AvgIpc) is 2.91. The fraction of sp³-hybridized carbons (Fsp3) is 0.615. The second-order valence-corrected chi connectivity index (χ2v) is 5.03. The van der Waals surface area contributed by atoms with Gasteiger partial charge in [0, 0.05) is 37.8 Å². The minimum Gasteiger partial charge on any atom is -0.348 e. The van der Waals surface area contributed by atoms with E-state index in [1.54, 1.807) is 13.3 Å². The van der Waals surface area contributed by atoms with Gasteiger partial charge in [-0.2, -0.15) is 0 Å². The summed E-state index contributed by atoms with van der Waals surface area (Å²) in [5.74, 6) is 0.272. The van der Waals surface area contributed by atoms with Crippen LogP contribution in [0, 0.1) is 0 Å². The number of nitrogens with zero attached hydrogens (tertiary/aromatic N) is 2. The van der Waals surface area contributed by atoms with Crippen LogP contribution < -0.4 is 5.32 Å². The summed E-state index contributed by atoms with van der Waals surface area (Å²) in [4.78, 5) is 32.1. The van der Waals surface area contributed by atoms with Crippen molar-refractivity contribution in [2.45, 2.75) is 38.6 Å². The zero-order chi connectivity index (χ0) is 13.8. The smallest absolute Gasteiger partial charge is 0.244 e. The van der Waals surface area contributed by atoms with E-state index in [0.717, 1.165) is 31.6 Å². The molecule has 104 valence electrons. The maximum absolute atomic E-state index is 12.1. The SMILES string of the molecule is CC(=O)NC(C)C(=O)N1CCC(c2cnc[nH]2)CC1. The lowest BCUT2D eigenvalue weighted by molar-refractivity contribution is -0.136. The van der Waals surface area contributed by atoms with E-state index >= 15 is 0 Å². The van der Waals surface area contributed by atoms with E-state index in [0.29, 0.717) is 5.92 Å². The van der Waals surface area contributed by atoms with Gasteiger partial charge in [0.2, 0.25) is 11.8 Å². The Morgan fingerprint density at radius 2 is 2.16 bits per heavy atom. The molecule has 6 heteroatoms. The molecule has 2 N–H and O–H groups in total. The van der Waals surface area contributed by atoms with E-state index in [-0.39, 0.29) is 11.8 Å². The summed E-state index contributed by atoms with van der Waals surface area (Å²) >= 11 is 0. The van der Waals surface area contributed by atoms with Gasteiger partial charge in [-0.3, -0.25) is 9.59 Å². The van der Waals surface area contributed by atoms with E-state index in [1.807, 2.05) is 11.1 Å². The highest BCUT2D eigenvalue weighted by Gasteiger charge is 2.27. The number of aromatic nitrogens is 2. The van der Waals surface area contributed by atoms with E-state index in [4.69, 9.17) is 0 Å². The third kappa shape index (κ3) is 3.33. The monoisotopic (exact) mass is 264 g/mol. The molecule has 1 aliphatic rings. The van der Waals surface area contributed by atoms with Crippen LogP contribution >= 0.6 is 0 Å². The van der Waals surface area contributed by atoms with Gasteiger partial charge in [0.1, 0.15) is 6.04 Å². The Hall–Kier alpha value is -1.85. The van der Waals surface area contributed by atoms with Crippen molar-refractivity contribution >= 4 is 11.8 Å². The van der Waals surface area contributed by atoms with Gasteiger partial charge in [0.25, 0.3) is 0 Å². The summed E-state index contributed by atoms with van der Waals surface area (Å²) in [6.45, 7) is 4.61. The molecule has 1 aromatic heterocycles. The number of hydrogen-bond acceptors (Lipinski definition) is 3. The molecule has 2 heterocycles. The number of carbonyl (C=O) groups excluding carboxylic acids is 2. The van der Waals surface area contributed by atoms with Crippen molar-refractivity contribution in [1.82, 2.24) is 20.2 Å². The van der Waals surface area contributed by atoms with Gasteiger partial charge in [0.15, 0.2) is 0 Å². The average molecular weight is 264 g/mol. The van der Waals surface area contributed by atoms with Crippen LogP contribution in [-0.2, 0) is 9.59 Å². The molecule has 0 bridgehead atoms. The first-order chi connectivity index (χ1) is 9.08. The van der Waals surface area contributed by atoms with Gasteiger partial charge in [-0.25, -0.2) is 4.98 Å². The molecule has 1 aliphatic heterocycles. The largest absolute Gasteiger partial charge is 0.348 e. The minimum atomic E-state index is -0.443. The molecule has 2 amide bonds. The van der Waals surface area contributed by atoms with Crippen LogP contribution in [0.25, 0.3) is 0 Å². The molecule has 0 aromatic carbocycles. The highest BCUT2D eigenvalue weighted by molar-refractivity contribution is 5.86. The van der Waals surface area contributed by atoms with Gasteiger partial charge >= 0.3 is 0 Å². The molecular formula is C13H20N4O2. The Kier molecular flexibility index (Phi) is 4.19. The quantitative estimate of drug-likeness (QED) is 0.841. The second kappa shape index (κ2) is 5.86. The zero-order valence-corrected chi connectivity index (χ0v) is 11.3. The third-order valence-electron chi connectivity index (χ3n) is 3.56. The number of rotatable bonds is 3. The normalized spacial score (nSPS) is 18.1. The van der Waals surface area contributed by atoms with Gasteiger partial charge in [0.05, 0.1) is 6.33 Å². The lowest BCUT2D eigenvalue weighted by Gasteiger charge is -2.33. The summed E-state index contributed by atoms with van der Waals surface area (Å²) in [5, 5.41) is 2.63. The molecule has 2 rings (SSSR count). The topological polar surface area (TPSA) is 78.1 Å². The van der Waals surface area contributed by atoms with E-state index in [1.165, 1.54) is 6.92 Å². The summed E-state index contributed by atoms with van der Waals surface area (Å²) in [6.07, 6.45) is 5.40. The predicted octanol–water partition coefficient (Wildman–Crippen LogP) is 0.640. The Bertz CT molecular complexity index is 436. The first-order valence-corrected chi connectivity index (χ1v) is 6.62. The summed E-state index contributed by atoms with van der Waals surface area (Å²) in [6, 6.07) is -0.443. The van der Waals surface area contributed by atoms with Crippen molar-refractivity contribution in [1.29, 1.82) is 0 Å². The molecular weight excluding hydrogens is 244 g/mol.